The summed E-state index contributed by atoms with van der Waals surface area (Å²) in [7, 11) is 0. The first kappa shape index (κ1) is 13.3. The molecule has 0 unspecified atom stereocenters. The molecule has 4 heteroatoms. The number of nitrogens with zero attached hydrogens (tertiary/aromatic N) is 2. The highest BCUT2D eigenvalue weighted by Gasteiger charge is 2.35. The zero-order chi connectivity index (χ0) is 14.0. The quantitative estimate of drug-likeness (QED) is 0.899. The van der Waals surface area contributed by atoms with Crippen molar-refractivity contribution in [2.75, 3.05) is 0 Å². The molecule has 0 amide bonds. The molecular weight excluding hydrogens is 248 g/mol. The van der Waals surface area contributed by atoms with Crippen LogP contribution in [0.1, 0.15) is 44.9 Å². The summed E-state index contributed by atoms with van der Waals surface area (Å²) in [5.41, 5.74) is 7.26. The van der Waals surface area contributed by atoms with Crippen LogP contribution < -0.4 is 5.73 Å². The molecule has 0 saturated heterocycles. The minimum atomic E-state index is -0.328. The summed E-state index contributed by atoms with van der Waals surface area (Å²) in [6.45, 7) is 2.26. The van der Waals surface area contributed by atoms with Gasteiger partial charge in [0.25, 0.3) is 0 Å². The Kier molecular flexibility index (Phi) is 3.57. The van der Waals surface area contributed by atoms with Gasteiger partial charge in [-0.3, -0.25) is 5.10 Å². The molecular formula is C16H22N4. The van der Waals surface area contributed by atoms with Crippen LogP contribution in [0.2, 0.25) is 0 Å². The summed E-state index contributed by atoms with van der Waals surface area (Å²) >= 11 is 0. The van der Waals surface area contributed by atoms with Crippen molar-refractivity contribution >= 4 is 0 Å². The molecule has 1 aromatic heterocycles. The fraction of sp³-hybridized carbons (Fsp3) is 0.500. The molecule has 0 spiro atoms. The van der Waals surface area contributed by atoms with Gasteiger partial charge >= 0.3 is 0 Å². The number of rotatable bonds is 3. The third kappa shape index (κ3) is 2.48. The minimum absolute atomic E-state index is 0.328. The van der Waals surface area contributed by atoms with Crippen molar-refractivity contribution in [1.29, 1.82) is 0 Å². The van der Waals surface area contributed by atoms with Crippen molar-refractivity contribution in [1.82, 2.24) is 15.2 Å². The molecule has 1 aromatic carbocycles. The molecule has 2 aromatic rings. The maximum absolute atomic E-state index is 6.55. The van der Waals surface area contributed by atoms with Crippen LogP contribution in [0.5, 0.6) is 0 Å². The first-order chi connectivity index (χ1) is 9.71. The lowest BCUT2D eigenvalue weighted by atomic mass is 9.76. The van der Waals surface area contributed by atoms with Crippen molar-refractivity contribution < 1.29 is 0 Å². The van der Waals surface area contributed by atoms with Gasteiger partial charge in [-0.1, -0.05) is 43.7 Å². The third-order valence-corrected chi connectivity index (χ3v) is 4.56. The van der Waals surface area contributed by atoms with E-state index in [1.807, 2.05) is 30.3 Å². The number of hydrogen-bond acceptors (Lipinski definition) is 3. The summed E-state index contributed by atoms with van der Waals surface area (Å²) in [6, 6.07) is 10.0. The van der Waals surface area contributed by atoms with Gasteiger partial charge in [0, 0.05) is 5.56 Å². The van der Waals surface area contributed by atoms with Gasteiger partial charge in [0.05, 0.1) is 5.54 Å². The first-order valence-corrected chi connectivity index (χ1v) is 7.48. The Morgan fingerprint density at radius 2 is 1.95 bits per heavy atom. The molecule has 4 nitrogen and oxygen atoms in total. The maximum atomic E-state index is 6.55. The van der Waals surface area contributed by atoms with Crippen LogP contribution in [-0.4, -0.2) is 15.2 Å². The molecule has 1 heterocycles. The largest absolute Gasteiger partial charge is 0.319 e. The Bertz CT molecular complexity index is 553. The van der Waals surface area contributed by atoms with E-state index in [2.05, 4.69) is 22.1 Å². The summed E-state index contributed by atoms with van der Waals surface area (Å²) in [6.07, 6.45) is 5.62. The molecule has 0 aliphatic heterocycles. The summed E-state index contributed by atoms with van der Waals surface area (Å²) < 4.78 is 0. The van der Waals surface area contributed by atoms with Crippen molar-refractivity contribution in [3.63, 3.8) is 0 Å². The molecule has 1 aliphatic rings. The summed E-state index contributed by atoms with van der Waals surface area (Å²) in [4.78, 5) is 4.64. The van der Waals surface area contributed by atoms with Crippen molar-refractivity contribution in [2.24, 2.45) is 11.7 Å². The van der Waals surface area contributed by atoms with Gasteiger partial charge < -0.3 is 5.73 Å². The fourth-order valence-corrected chi connectivity index (χ4v) is 3.04. The highest BCUT2D eigenvalue weighted by Crippen LogP contribution is 2.37. The van der Waals surface area contributed by atoms with E-state index in [4.69, 9.17) is 5.73 Å². The van der Waals surface area contributed by atoms with Crippen LogP contribution >= 0.6 is 0 Å². The predicted molar refractivity (Wildman–Crippen MR) is 79.9 cm³/mol. The second-order valence-electron chi connectivity index (χ2n) is 5.88. The highest BCUT2D eigenvalue weighted by molar-refractivity contribution is 5.54. The second kappa shape index (κ2) is 5.37. The normalized spacial score (nSPS) is 26.6. The Morgan fingerprint density at radius 3 is 2.60 bits per heavy atom. The zero-order valence-corrected chi connectivity index (χ0v) is 12.0. The minimum Gasteiger partial charge on any atom is -0.319 e. The van der Waals surface area contributed by atoms with Gasteiger partial charge in [0.15, 0.2) is 5.82 Å². The summed E-state index contributed by atoms with van der Waals surface area (Å²) in [5, 5.41) is 7.39. The van der Waals surface area contributed by atoms with E-state index in [9.17, 15) is 0 Å². The predicted octanol–water partition coefficient (Wildman–Crippen LogP) is 3.23. The highest BCUT2D eigenvalue weighted by atomic mass is 15.2. The lowest BCUT2D eigenvalue weighted by Gasteiger charge is -2.35. The lowest BCUT2D eigenvalue weighted by molar-refractivity contribution is 0.222. The SMILES string of the molecule is CCC1CCC(N)(c2nc(-c3ccccc3)n[nH]2)CC1. The number of aromatic nitrogens is 3. The Hall–Kier alpha value is -1.68. The van der Waals surface area contributed by atoms with Gasteiger partial charge in [-0.05, 0) is 31.6 Å². The fourth-order valence-electron chi connectivity index (χ4n) is 3.04. The van der Waals surface area contributed by atoms with E-state index < -0.39 is 0 Å². The van der Waals surface area contributed by atoms with E-state index in [0.29, 0.717) is 0 Å². The molecule has 3 N–H and O–H groups in total. The van der Waals surface area contributed by atoms with E-state index in [-0.39, 0.29) is 5.54 Å². The van der Waals surface area contributed by atoms with Gasteiger partial charge in [-0.2, -0.15) is 5.10 Å². The van der Waals surface area contributed by atoms with Gasteiger partial charge in [-0.25, -0.2) is 4.98 Å². The van der Waals surface area contributed by atoms with Gasteiger partial charge in [0.2, 0.25) is 0 Å². The van der Waals surface area contributed by atoms with Crippen molar-refractivity contribution in [3.05, 3.63) is 36.2 Å². The number of hydrogen-bond donors (Lipinski definition) is 2. The van der Waals surface area contributed by atoms with Crippen LogP contribution in [0.4, 0.5) is 0 Å². The molecule has 1 fully saturated rings. The molecule has 1 aliphatic carbocycles. The van der Waals surface area contributed by atoms with E-state index in [0.717, 1.165) is 36.0 Å². The molecule has 20 heavy (non-hydrogen) atoms. The smallest absolute Gasteiger partial charge is 0.181 e. The van der Waals surface area contributed by atoms with Crippen LogP contribution in [-0.2, 0) is 5.54 Å². The van der Waals surface area contributed by atoms with Gasteiger partial charge in [0.1, 0.15) is 5.82 Å². The number of nitrogens with two attached hydrogens (primary N) is 1. The standard InChI is InChI=1S/C16H22N4/c1-2-12-8-10-16(17,11-9-12)15-18-14(19-20-15)13-6-4-3-5-7-13/h3-7,12H,2,8-11,17H2,1H3,(H,18,19,20). The van der Waals surface area contributed by atoms with E-state index in [1.165, 1.54) is 19.3 Å². The Morgan fingerprint density at radius 1 is 1.25 bits per heavy atom. The second-order valence-corrected chi connectivity index (χ2v) is 5.88. The zero-order valence-electron chi connectivity index (χ0n) is 12.0. The number of benzene rings is 1. The van der Waals surface area contributed by atoms with Crippen molar-refractivity contribution in [3.8, 4) is 11.4 Å². The molecule has 0 radical (unpaired) electrons. The Labute approximate surface area is 119 Å². The van der Waals surface area contributed by atoms with Crippen molar-refractivity contribution in [2.45, 2.75) is 44.6 Å². The lowest BCUT2D eigenvalue weighted by Crippen LogP contribution is -2.41. The summed E-state index contributed by atoms with van der Waals surface area (Å²) in [5.74, 6) is 2.40. The monoisotopic (exact) mass is 270 g/mol. The average Bonchev–Trinajstić information content (AvgIpc) is 3.00. The average molecular weight is 270 g/mol. The Balaban J connectivity index is 1.80. The molecule has 1 saturated carbocycles. The number of H-pyrrole nitrogens is 1. The van der Waals surface area contributed by atoms with Crippen LogP contribution in [0, 0.1) is 5.92 Å². The topological polar surface area (TPSA) is 67.6 Å². The van der Waals surface area contributed by atoms with E-state index in [1.54, 1.807) is 0 Å². The third-order valence-electron chi connectivity index (χ3n) is 4.56. The van der Waals surface area contributed by atoms with Crippen LogP contribution in [0.15, 0.2) is 30.3 Å². The molecule has 0 bridgehead atoms. The number of aromatic amines is 1. The maximum Gasteiger partial charge on any atom is 0.181 e. The number of nitrogens with one attached hydrogen (secondary N) is 1. The molecule has 106 valence electrons. The first-order valence-electron chi connectivity index (χ1n) is 7.48. The van der Waals surface area contributed by atoms with Gasteiger partial charge in [-0.15, -0.1) is 0 Å². The van der Waals surface area contributed by atoms with Crippen LogP contribution in [0.3, 0.4) is 0 Å². The van der Waals surface area contributed by atoms with E-state index >= 15 is 0 Å². The van der Waals surface area contributed by atoms with Crippen LogP contribution in [0.25, 0.3) is 11.4 Å². The molecule has 3 rings (SSSR count). The molecule has 0 atom stereocenters.